The summed E-state index contributed by atoms with van der Waals surface area (Å²) in [5, 5.41) is 14.0. The van der Waals surface area contributed by atoms with E-state index < -0.39 is 43.8 Å². The van der Waals surface area contributed by atoms with E-state index in [0.29, 0.717) is 0 Å². The molecule has 2 aromatic rings. The Morgan fingerprint density at radius 3 is 1.97 bits per heavy atom. The maximum atomic E-state index is 13.3. The molecule has 2 unspecified atom stereocenters. The fraction of sp³-hybridized carbons (Fsp3) is 0.480. The lowest BCUT2D eigenvalue weighted by Crippen LogP contribution is -2.52. The molecule has 0 saturated heterocycles. The zero-order chi connectivity index (χ0) is 26.2. The highest BCUT2D eigenvalue weighted by Gasteiger charge is 2.32. The molecule has 0 aliphatic rings. The third kappa shape index (κ3) is 9.36. The highest BCUT2D eigenvalue weighted by Crippen LogP contribution is 2.19. The van der Waals surface area contributed by atoms with Crippen LogP contribution in [0.25, 0.3) is 0 Å². The molecule has 0 fully saturated rings. The monoisotopic (exact) mass is 524 g/mol. The Labute approximate surface area is 209 Å². The number of nitrogens with one attached hydrogen (secondary N) is 1. The number of sulfonamides is 1. The molecular weight excluding hydrogens is 488 g/mol. The van der Waals surface area contributed by atoms with Crippen molar-refractivity contribution in [2.75, 3.05) is 25.1 Å². The minimum Gasteiger partial charge on any atom is -0.390 e. The van der Waals surface area contributed by atoms with E-state index >= 15 is 0 Å². The Balaban J connectivity index is 2.31. The molecule has 0 saturated carbocycles. The molecule has 35 heavy (non-hydrogen) atoms. The van der Waals surface area contributed by atoms with Crippen molar-refractivity contribution in [3.63, 3.8) is 0 Å². The lowest BCUT2D eigenvalue weighted by molar-refractivity contribution is -0.125. The molecule has 2 aromatic carbocycles. The van der Waals surface area contributed by atoms with Crippen LogP contribution in [0.5, 0.6) is 0 Å². The number of carbonyl (C=O) groups is 1. The second-order valence-electron chi connectivity index (χ2n) is 9.39. The van der Waals surface area contributed by atoms with Gasteiger partial charge in [0, 0.05) is 25.3 Å². The first-order chi connectivity index (χ1) is 16.3. The number of benzene rings is 2. The van der Waals surface area contributed by atoms with Crippen molar-refractivity contribution in [2.24, 2.45) is 11.8 Å². The third-order valence-corrected chi connectivity index (χ3v) is 8.38. The summed E-state index contributed by atoms with van der Waals surface area (Å²) in [6.45, 7) is 5.23. The number of sulfone groups is 1. The molecular formula is C25H36N2O6S2. The second kappa shape index (κ2) is 12.6. The van der Waals surface area contributed by atoms with Gasteiger partial charge < -0.3 is 10.4 Å². The van der Waals surface area contributed by atoms with Crippen LogP contribution in [0.4, 0.5) is 0 Å². The van der Waals surface area contributed by atoms with Crippen molar-refractivity contribution in [1.82, 2.24) is 9.62 Å². The van der Waals surface area contributed by atoms with Gasteiger partial charge in [-0.25, -0.2) is 16.8 Å². The number of aliphatic hydroxyl groups is 1. The largest absolute Gasteiger partial charge is 0.390 e. The summed E-state index contributed by atoms with van der Waals surface area (Å²) < 4.78 is 51.2. The Morgan fingerprint density at radius 1 is 0.914 bits per heavy atom. The smallest absolute Gasteiger partial charge is 0.243 e. The van der Waals surface area contributed by atoms with Gasteiger partial charge in [-0.1, -0.05) is 69.3 Å². The summed E-state index contributed by atoms with van der Waals surface area (Å²) in [5.41, 5.74) is 0.842. The van der Waals surface area contributed by atoms with Crippen molar-refractivity contribution in [2.45, 2.75) is 44.2 Å². The van der Waals surface area contributed by atoms with Crippen molar-refractivity contribution in [1.29, 1.82) is 0 Å². The lowest BCUT2D eigenvalue weighted by Gasteiger charge is -2.31. The van der Waals surface area contributed by atoms with Gasteiger partial charge in [0.05, 0.1) is 22.8 Å². The number of aliphatic hydroxyl groups excluding tert-OH is 1. The first kappa shape index (κ1) is 29.0. The van der Waals surface area contributed by atoms with E-state index in [2.05, 4.69) is 5.32 Å². The SMILES string of the molecule is CC(C)CN(CC(O)[C@H](Cc1ccccc1)NC(=O)C(C)CS(C)(=O)=O)S(=O)(=O)c1ccccc1. The summed E-state index contributed by atoms with van der Waals surface area (Å²) in [4.78, 5) is 12.9. The number of amides is 1. The molecule has 0 spiro atoms. The number of carbonyl (C=O) groups excluding carboxylic acids is 1. The number of nitrogens with zero attached hydrogens (tertiary/aromatic N) is 1. The summed E-state index contributed by atoms with van der Waals surface area (Å²) in [5.74, 6) is -1.67. The zero-order valence-corrected chi connectivity index (χ0v) is 22.3. The third-order valence-electron chi connectivity index (χ3n) is 5.43. The molecule has 0 bridgehead atoms. The Hall–Kier alpha value is -2.27. The molecule has 0 aromatic heterocycles. The van der Waals surface area contributed by atoms with Crippen molar-refractivity contribution < 1.29 is 26.7 Å². The second-order valence-corrected chi connectivity index (χ2v) is 13.5. The van der Waals surface area contributed by atoms with Gasteiger partial charge in [0.15, 0.2) is 0 Å². The van der Waals surface area contributed by atoms with E-state index in [1.807, 2.05) is 44.2 Å². The highest BCUT2D eigenvalue weighted by molar-refractivity contribution is 7.90. The van der Waals surface area contributed by atoms with Crippen LogP contribution in [0.1, 0.15) is 26.3 Å². The Bertz CT molecular complexity index is 1150. The van der Waals surface area contributed by atoms with Gasteiger partial charge in [-0.2, -0.15) is 4.31 Å². The van der Waals surface area contributed by atoms with Crippen LogP contribution in [0.2, 0.25) is 0 Å². The molecule has 0 heterocycles. The highest BCUT2D eigenvalue weighted by atomic mass is 32.2. The fourth-order valence-electron chi connectivity index (χ4n) is 3.76. The molecule has 0 radical (unpaired) electrons. The van der Waals surface area contributed by atoms with E-state index in [1.54, 1.807) is 18.2 Å². The standard InChI is InChI=1S/C25H36N2O6S2/c1-19(2)16-27(35(32,33)22-13-9-6-10-14-22)17-24(28)23(15-21-11-7-5-8-12-21)26-25(29)20(3)18-34(4,30)31/h5-14,19-20,23-24,28H,15-18H2,1-4H3,(H,26,29)/t20?,23-,24?/m0/s1. The topological polar surface area (TPSA) is 121 Å². The van der Waals surface area contributed by atoms with Gasteiger partial charge in [-0.05, 0) is 30.0 Å². The van der Waals surface area contributed by atoms with Gasteiger partial charge in [-0.15, -0.1) is 0 Å². The minimum absolute atomic E-state index is 0.00219. The number of hydrogen-bond acceptors (Lipinski definition) is 6. The summed E-state index contributed by atoms with van der Waals surface area (Å²) in [6.07, 6.45) is 0.0766. The van der Waals surface area contributed by atoms with E-state index in [-0.39, 0.29) is 36.1 Å². The first-order valence-corrected chi connectivity index (χ1v) is 15.0. The summed E-state index contributed by atoms with van der Waals surface area (Å²) in [7, 11) is -7.26. The molecule has 10 heteroatoms. The normalized spacial score (nSPS) is 15.1. The van der Waals surface area contributed by atoms with Crippen molar-refractivity contribution in [3.8, 4) is 0 Å². The molecule has 0 aliphatic carbocycles. The average molecular weight is 525 g/mol. The zero-order valence-electron chi connectivity index (χ0n) is 20.7. The number of rotatable bonds is 13. The molecule has 2 rings (SSSR count). The first-order valence-electron chi connectivity index (χ1n) is 11.5. The lowest BCUT2D eigenvalue weighted by atomic mass is 10.00. The molecule has 2 N–H and O–H groups in total. The van der Waals surface area contributed by atoms with Crippen LogP contribution in [-0.2, 0) is 31.1 Å². The summed E-state index contributed by atoms with van der Waals surface area (Å²) >= 11 is 0. The van der Waals surface area contributed by atoms with Crippen LogP contribution in [-0.4, -0.2) is 69.4 Å². The summed E-state index contributed by atoms with van der Waals surface area (Å²) in [6, 6.07) is 16.4. The maximum Gasteiger partial charge on any atom is 0.243 e. The van der Waals surface area contributed by atoms with Crippen LogP contribution >= 0.6 is 0 Å². The van der Waals surface area contributed by atoms with Crippen LogP contribution in [0.15, 0.2) is 65.6 Å². The van der Waals surface area contributed by atoms with Crippen molar-refractivity contribution >= 4 is 25.8 Å². The molecule has 8 nitrogen and oxygen atoms in total. The van der Waals surface area contributed by atoms with Crippen molar-refractivity contribution in [3.05, 3.63) is 66.2 Å². The molecule has 3 atom stereocenters. The minimum atomic E-state index is -3.89. The predicted molar refractivity (Wildman–Crippen MR) is 137 cm³/mol. The van der Waals surface area contributed by atoms with Gasteiger partial charge in [0.2, 0.25) is 15.9 Å². The van der Waals surface area contributed by atoms with E-state index in [0.717, 1.165) is 11.8 Å². The van der Waals surface area contributed by atoms with Gasteiger partial charge in [0.1, 0.15) is 9.84 Å². The van der Waals surface area contributed by atoms with Gasteiger partial charge in [0.25, 0.3) is 0 Å². The average Bonchev–Trinajstić information content (AvgIpc) is 2.78. The van der Waals surface area contributed by atoms with Crippen LogP contribution in [0.3, 0.4) is 0 Å². The predicted octanol–water partition coefficient (Wildman–Crippen LogP) is 2.10. The molecule has 194 valence electrons. The number of hydrogen-bond donors (Lipinski definition) is 2. The maximum absolute atomic E-state index is 13.3. The van der Waals surface area contributed by atoms with Gasteiger partial charge in [-0.3, -0.25) is 4.79 Å². The van der Waals surface area contributed by atoms with E-state index in [1.165, 1.54) is 23.4 Å². The Morgan fingerprint density at radius 2 is 1.46 bits per heavy atom. The molecule has 0 aliphatic heterocycles. The quantitative estimate of drug-likeness (QED) is 0.414. The van der Waals surface area contributed by atoms with E-state index in [9.17, 15) is 26.7 Å². The fourth-order valence-corrected chi connectivity index (χ4v) is 6.46. The molecule has 1 amide bonds. The van der Waals surface area contributed by atoms with Gasteiger partial charge >= 0.3 is 0 Å². The van der Waals surface area contributed by atoms with Crippen LogP contribution in [0, 0.1) is 11.8 Å². The van der Waals surface area contributed by atoms with Crippen LogP contribution < -0.4 is 5.32 Å². The van der Waals surface area contributed by atoms with E-state index in [4.69, 9.17) is 0 Å². The Kier molecular flexibility index (Phi) is 10.4.